The summed E-state index contributed by atoms with van der Waals surface area (Å²) in [6.45, 7) is 1.33. The molecule has 0 aliphatic carbocycles. The van der Waals surface area contributed by atoms with Crippen molar-refractivity contribution in [2.24, 2.45) is 0 Å². The maximum absolute atomic E-state index is 13.7. The summed E-state index contributed by atoms with van der Waals surface area (Å²) < 4.78 is 77.7. The summed E-state index contributed by atoms with van der Waals surface area (Å²) in [6, 6.07) is 5.76. The molecule has 0 saturated heterocycles. The van der Waals surface area contributed by atoms with Crippen molar-refractivity contribution < 1.29 is 31.4 Å². The molecule has 0 saturated carbocycles. The van der Waals surface area contributed by atoms with Crippen LogP contribution in [0.4, 0.5) is 33.6 Å². The molecule has 0 amide bonds. The van der Waals surface area contributed by atoms with Gasteiger partial charge in [-0.05, 0) is 32.4 Å². The molecule has 1 aliphatic heterocycles. The number of pyridine rings is 1. The van der Waals surface area contributed by atoms with Crippen LogP contribution in [0.2, 0.25) is 5.02 Å². The highest BCUT2D eigenvalue weighted by molar-refractivity contribution is 6.35. The fraction of sp³-hybridized carbons (Fsp3) is 0.429. The molecular formula is C21H20ClF5N4O2. The summed E-state index contributed by atoms with van der Waals surface area (Å²) in [4.78, 5) is 10.7. The summed E-state index contributed by atoms with van der Waals surface area (Å²) in [7, 11) is 0. The Kier molecular flexibility index (Phi) is 6.37. The lowest BCUT2D eigenvalue weighted by Crippen LogP contribution is -2.30. The molecule has 12 heteroatoms. The van der Waals surface area contributed by atoms with E-state index in [1.54, 1.807) is 23.6 Å². The van der Waals surface area contributed by atoms with E-state index in [-0.39, 0.29) is 16.1 Å². The quantitative estimate of drug-likeness (QED) is 0.386. The minimum absolute atomic E-state index is 0.0155. The standard InChI is InChI=1S/C21H20ClF5N4O2/c1-3-32-15-8-7-14(11(2)28-15)30-9-4-10-31-17-12(18(21(25,26)27)33-19(23)24)5-6-13(22)16(17)29-20(30)31/h5-8,18-19H,3-4,9-10H2,1-2H3. The molecule has 0 bridgehead atoms. The van der Waals surface area contributed by atoms with E-state index in [4.69, 9.17) is 16.3 Å². The lowest BCUT2D eigenvalue weighted by atomic mass is 10.1. The van der Waals surface area contributed by atoms with Crippen molar-refractivity contribution >= 4 is 34.3 Å². The van der Waals surface area contributed by atoms with Gasteiger partial charge in [0.25, 0.3) is 0 Å². The first-order valence-corrected chi connectivity index (χ1v) is 10.6. The lowest BCUT2D eigenvalue weighted by molar-refractivity contribution is -0.276. The number of hydrogen-bond acceptors (Lipinski definition) is 5. The monoisotopic (exact) mass is 490 g/mol. The lowest BCUT2D eigenvalue weighted by Gasteiger charge is -2.30. The van der Waals surface area contributed by atoms with Crippen LogP contribution in [0.15, 0.2) is 24.3 Å². The van der Waals surface area contributed by atoms with Crippen LogP contribution in [0.1, 0.15) is 30.7 Å². The molecule has 1 atom stereocenters. The van der Waals surface area contributed by atoms with E-state index in [1.807, 2.05) is 11.8 Å². The number of fused-ring (bicyclic) bond motifs is 3. The van der Waals surface area contributed by atoms with Crippen molar-refractivity contribution in [1.29, 1.82) is 0 Å². The number of ether oxygens (including phenoxy) is 2. The largest absolute Gasteiger partial charge is 0.478 e. The van der Waals surface area contributed by atoms with Gasteiger partial charge in [-0.3, -0.25) is 0 Å². The van der Waals surface area contributed by atoms with Crippen molar-refractivity contribution in [3.05, 3.63) is 40.5 Å². The molecule has 1 unspecified atom stereocenters. The first-order valence-electron chi connectivity index (χ1n) is 10.2. The third-order valence-corrected chi connectivity index (χ3v) is 5.60. The second-order valence-corrected chi connectivity index (χ2v) is 7.82. The number of benzene rings is 1. The van der Waals surface area contributed by atoms with Crippen LogP contribution in [0, 0.1) is 6.92 Å². The smallest absolute Gasteiger partial charge is 0.419 e. The van der Waals surface area contributed by atoms with Gasteiger partial charge in [-0.1, -0.05) is 17.7 Å². The van der Waals surface area contributed by atoms with Gasteiger partial charge in [0.05, 0.1) is 28.5 Å². The number of alkyl halides is 5. The zero-order valence-corrected chi connectivity index (χ0v) is 18.4. The molecule has 1 aromatic carbocycles. The van der Waals surface area contributed by atoms with Crippen molar-refractivity contribution in [3.8, 4) is 5.88 Å². The molecule has 0 fully saturated rings. The maximum atomic E-state index is 13.7. The van der Waals surface area contributed by atoms with Crippen LogP contribution in [0.3, 0.4) is 0 Å². The number of halogens is 6. The van der Waals surface area contributed by atoms with Crippen molar-refractivity contribution in [1.82, 2.24) is 14.5 Å². The van der Waals surface area contributed by atoms with Gasteiger partial charge in [0.2, 0.25) is 11.8 Å². The van der Waals surface area contributed by atoms with E-state index in [2.05, 4.69) is 14.7 Å². The normalized spacial score (nSPS) is 15.2. The zero-order valence-electron chi connectivity index (χ0n) is 17.7. The van der Waals surface area contributed by atoms with Gasteiger partial charge in [-0.25, -0.2) is 9.97 Å². The molecule has 6 nitrogen and oxygen atoms in total. The summed E-state index contributed by atoms with van der Waals surface area (Å²) >= 11 is 6.26. The second-order valence-electron chi connectivity index (χ2n) is 7.41. The molecule has 33 heavy (non-hydrogen) atoms. The Balaban J connectivity index is 1.88. The number of aryl methyl sites for hydroxylation is 2. The SMILES string of the molecule is CCOc1ccc(N2CCCn3c2nc2c(Cl)ccc(C(OC(F)F)C(F)(F)F)c23)c(C)n1. The topological polar surface area (TPSA) is 52.4 Å². The van der Waals surface area contributed by atoms with Crippen LogP contribution in [-0.2, 0) is 11.3 Å². The molecule has 0 radical (unpaired) electrons. The third-order valence-electron chi connectivity index (χ3n) is 5.30. The van der Waals surface area contributed by atoms with E-state index in [0.29, 0.717) is 49.3 Å². The number of anilines is 2. The highest BCUT2D eigenvalue weighted by atomic mass is 35.5. The Hall–Kier alpha value is -2.66. The summed E-state index contributed by atoms with van der Waals surface area (Å²) in [5.74, 6) is 0.796. The van der Waals surface area contributed by atoms with E-state index >= 15 is 0 Å². The fourth-order valence-corrected chi connectivity index (χ4v) is 4.23. The van der Waals surface area contributed by atoms with Gasteiger partial charge < -0.3 is 18.9 Å². The van der Waals surface area contributed by atoms with Gasteiger partial charge in [-0.15, -0.1) is 0 Å². The average Bonchev–Trinajstić information content (AvgIpc) is 3.13. The fourth-order valence-electron chi connectivity index (χ4n) is 4.04. The minimum Gasteiger partial charge on any atom is -0.478 e. The highest BCUT2D eigenvalue weighted by Crippen LogP contribution is 2.44. The molecule has 178 valence electrons. The predicted octanol–water partition coefficient (Wildman–Crippen LogP) is 6.18. The summed E-state index contributed by atoms with van der Waals surface area (Å²) in [6.07, 6.45) is -7.32. The molecule has 3 aromatic rings. The van der Waals surface area contributed by atoms with Gasteiger partial charge >= 0.3 is 12.8 Å². The number of aromatic nitrogens is 3. The Labute approximate surface area is 190 Å². The molecular weight excluding hydrogens is 471 g/mol. The average molecular weight is 491 g/mol. The van der Waals surface area contributed by atoms with E-state index < -0.39 is 24.5 Å². The van der Waals surface area contributed by atoms with E-state index in [0.717, 1.165) is 6.07 Å². The molecule has 0 spiro atoms. The van der Waals surface area contributed by atoms with Gasteiger partial charge in [-0.2, -0.15) is 22.0 Å². The molecule has 0 N–H and O–H groups in total. The van der Waals surface area contributed by atoms with Crippen molar-refractivity contribution in [2.75, 3.05) is 18.1 Å². The number of nitrogens with zero attached hydrogens (tertiary/aromatic N) is 4. The Morgan fingerprint density at radius 3 is 2.52 bits per heavy atom. The van der Waals surface area contributed by atoms with Crippen LogP contribution in [0.25, 0.3) is 11.0 Å². The Bertz CT molecular complexity index is 1170. The molecule has 4 rings (SSSR count). The third kappa shape index (κ3) is 4.43. The first kappa shape index (κ1) is 23.5. The highest BCUT2D eigenvalue weighted by Gasteiger charge is 2.45. The molecule has 3 heterocycles. The van der Waals surface area contributed by atoms with Crippen LogP contribution in [-0.4, -0.2) is 40.5 Å². The van der Waals surface area contributed by atoms with Crippen molar-refractivity contribution in [3.63, 3.8) is 0 Å². The van der Waals surface area contributed by atoms with Crippen LogP contribution < -0.4 is 9.64 Å². The predicted molar refractivity (Wildman–Crippen MR) is 112 cm³/mol. The van der Waals surface area contributed by atoms with E-state index in [9.17, 15) is 22.0 Å². The number of hydrogen-bond donors (Lipinski definition) is 0. The summed E-state index contributed by atoms with van der Waals surface area (Å²) in [5, 5.41) is 0.107. The molecule has 1 aliphatic rings. The summed E-state index contributed by atoms with van der Waals surface area (Å²) in [5.41, 5.74) is 0.969. The van der Waals surface area contributed by atoms with Gasteiger partial charge in [0, 0.05) is 24.7 Å². The Morgan fingerprint density at radius 2 is 1.88 bits per heavy atom. The first-order chi connectivity index (χ1) is 15.6. The molecule has 2 aromatic heterocycles. The zero-order chi connectivity index (χ0) is 23.9. The minimum atomic E-state index is -5.06. The second kappa shape index (κ2) is 8.94. The Morgan fingerprint density at radius 1 is 1.12 bits per heavy atom. The van der Waals surface area contributed by atoms with Crippen LogP contribution in [0.5, 0.6) is 5.88 Å². The van der Waals surface area contributed by atoms with Gasteiger partial charge in [0.15, 0.2) is 6.10 Å². The van der Waals surface area contributed by atoms with Crippen molar-refractivity contribution in [2.45, 2.75) is 45.7 Å². The number of imidazole rings is 1. The maximum Gasteiger partial charge on any atom is 0.419 e. The number of rotatable bonds is 6. The van der Waals surface area contributed by atoms with E-state index in [1.165, 1.54) is 6.07 Å². The van der Waals surface area contributed by atoms with Crippen LogP contribution >= 0.6 is 11.6 Å². The van der Waals surface area contributed by atoms with Gasteiger partial charge in [0.1, 0.15) is 5.52 Å².